The summed E-state index contributed by atoms with van der Waals surface area (Å²) in [5.41, 5.74) is 2.35. The molecular formula is C25H17Cl2NO5S. The Morgan fingerprint density at radius 3 is 2.53 bits per heavy atom. The summed E-state index contributed by atoms with van der Waals surface area (Å²) in [7, 11) is 0. The third-order valence-electron chi connectivity index (χ3n) is 5.22. The molecule has 2 amide bonds. The van der Waals surface area contributed by atoms with Crippen LogP contribution in [0.25, 0.3) is 6.08 Å². The average Bonchev–Trinajstić information content (AvgIpc) is 3.38. The first-order valence-corrected chi connectivity index (χ1v) is 11.8. The van der Waals surface area contributed by atoms with Gasteiger partial charge in [-0.15, -0.1) is 0 Å². The number of ether oxygens (including phenoxy) is 3. The number of amides is 2. The zero-order chi connectivity index (χ0) is 23.7. The van der Waals surface area contributed by atoms with Crippen molar-refractivity contribution < 1.29 is 23.8 Å². The van der Waals surface area contributed by atoms with Crippen LogP contribution >= 0.6 is 35.0 Å². The van der Waals surface area contributed by atoms with E-state index < -0.39 is 0 Å². The van der Waals surface area contributed by atoms with Crippen LogP contribution in [0, 0.1) is 0 Å². The lowest BCUT2D eigenvalue weighted by molar-refractivity contribution is -0.123. The summed E-state index contributed by atoms with van der Waals surface area (Å²) < 4.78 is 16.5. The van der Waals surface area contributed by atoms with Crippen molar-refractivity contribution in [3.8, 4) is 17.2 Å². The predicted octanol–water partition coefficient (Wildman–Crippen LogP) is 6.54. The van der Waals surface area contributed by atoms with Gasteiger partial charge in [0.1, 0.15) is 12.4 Å². The molecule has 34 heavy (non-hydrogen) atoms. The number of nitrogens with zero attached hydrogens (tertiary/aromatic N) is 1. The van der Waals surface area contributed by atoms with E-state index in [1.165, 1.54) is 4.90 Å². The first kappa shape index (κ1) is 22.7. The molecule has 2 aliphatic heterocycles. The van der Waals surface area contributed by atoms with Crippen LogP contribution in [0.4, 0.5) is 4.79 Å². The third kappa shape index (κ3) is 4.87. The highest BCUT2D eigenvalue weighted by molar-refractivity contribution is 8.18. The van der Waals surface area contributed by atoms with E-state index in [0.29, 0.717) is 44.4 Å². The summed E-state index contributed by atoms with van der Waals surface area (Å²) in [6.07, 6.45) is 1.69. The van der Waals surface area contributed by atoms with Crippen LogP contribution < -0.4 is 14.2 Å². The number of carbonyl (C=O) groups is 2. The fourth-order valence-corrected chi connectivity index (χ4v) is 4.76. The van der Waals surface area contributed by atoms with Gasteiger partial charge in [-0.1, -0.05) is 47.5 Å². The second kappa shape index (κ2) is 9.62. The molecule has 2 aliphatic rings. The van der Waals surface area contributed by atoms with Gasteiger partial charge in [-0.2, -0.15) is 0 Å². The first-order chi connectivity index (χ1) is 16.5. The van der Waals surface area contributed by atoms with Gasteiger partial charge in [0.05, 0.1) is 11.4 Å². The maximum Gasteiger partial charge on any atom is 0.293 e. The molecule has 0 aliphatic carbocycles. The molecular weight excluding hydrogens is 497 g/mol. The Morgan fingerprint density at radius 2 is 1.76 bits per heavy atom. The van der Waals surface area contributed by atoms with E-state index in [1.807, 2.05) is 48.5 Å². The van der Waals surface area contributed by atoms with E-state index in [4.69, 9.17) is 37.4 Å². The van der Waals surface area contributed by atoms with Crippen molar-refractivity contribution in [3.63, 3.8) is 0 Å². The quantitative estimate of drug-likeness (QED) is 0.348. The number of halogens is 2. The molecule has 1 saturated heterocycles. The van der Waals surface area contributed by atoms with Crippen molar-refractivity contribution in [3.05, 3.63) is 92.3 Å². The first-order valence-electron chi connectivity index (χ1n) is 10.3. The van der Waals surface area contributed by atoms with Gasteiger partial charge < -0.3 is 14.2 Å². The smallest absolute Gasteiger partial charge is 0.293 e. The lowest BCUT2D eigenvalue weighted by Crippen LogP contribution is -2.27. The summed E-state index contributed by atoms with van der Waals surface area (Å²) in [5, 5.41) is 0.707. The van der Waals surface area contributed by atoms with Gasteiger partial charge in [0, 0.05) is 16.1 Å². The van der Waals surface area contributed by atoms with E-state index in [1.54, 1.807) is 18.2 Å². The lowest BCUT2D eigenvalue weighted by Gasteiger charge is -2.14. The monoisotopic (exact) mass is 513 g/mol. The lowest BCUT2D eigenvalue weighted by atomic mass is 10.1. The Bertz CT molecular complexity index is 1310. The van der Waals surface area contributed by atoms with Crippen molar-refractivity contribution in [2.45, 2.75) is 13.2 Å². The molecule has 3 aromatic rings. The zero-order valence-corrected chi connectivity index (χ0v) is 20.0. The van der Waals surface area contributed by atoms with Crippen molar-refractivity contribution in [1.82, 2.24) is 4.90 Å². The molecule has 0 unspecified atom stereocenters. The maximum atomic E-state index is 12.9. The molecule has 3 aromatic carbocycles. The number of imide groups is 1. The fourth-order valence-electron chi connectivity index (χ4n) is 3.49. The Kier molecular flexibility index (Phi) is 6.41. The largest absolute Gasteiger partial charge is 0.489 e. The molecule has 0 saturated carbocycles. The zero-order valence-electron chi connectivity index (χ0n) is 17.6. The minimum atomic E-state index is -0.370. The van der Waals surface area contributed by atoms with Crippen LogP contribution in [0.15, 0.2) is 65.6 Å². The van der Waals surface area contributed by atoms with Gasteiger partial charge in [0.15, 0.2) is 11.5 Å². The Balaban J connectivity index is 1.25. The molecule has 5 rings (SSSR count). The molecule has 0 radical (unpaired) electrons. The highest BCUT2D eigenvalue weighted by Gasteiger charge is 2.35. The van der Waals surface area contributed by atoms with Crippen LogP contribution in [0.5, 0.6) is 17.2 Å². The number of rotatable bonds is 6. The number of fused-ring (bicyclic) bond motifs is 1. The van der Waals surface area contributed by atoms with Gasteiger partial charge in [-0.25, -0.2) is 0 Å². The van der Waals surface area contributed by atoms with Gasteiger partial charge in [-0.3, -0.25) is 14.5 Å². The van der Waals surface area contributed by atoms with Gasteiger partial charge in [0.2, 0.25) is 6.79 Å². The topological polar surface area (TPSA) is 65.1 Å². The summed E-state index contributed by atoms with van der Waals surface area (Å²) in [6.45, 7) is 0.554. The fraction of sp³-hybridized carbons (Fsp3) is 0.120. The van der Waals surface area contributed by atoms with Crippen molar-refractivity contribution in [2.24, 2.45) is 0 Å². The van der Waals surface area contributed by atoms with Crippen LogP contribution in [-0.4, -0.2) is 22.8 Å². The maximum absolute atomic E-state index is 12.9. The van der Waals surface area contributed by atoms with Crippen molar-refractivity contribution in [1.29, 1.82) is 0 Å². The van der Waals surface area contributed by atoms with E-state index in [-0.39, 0.29) is 24.5 Å². The number of thioether (sulfide) groups is 1. The molecule has 1 fully saturated rings. The molecule has 0 spiro atoms. The summed E-state index contributed by atoms with van der Waals surface area (Å²) in [5.74, 6) is 1.40. The Hall–Kier alpha value is -3.13. The summed E-state index contributed by atoms with van der Waals surface area (Å²) >= 11 is 13.2. The normalized spacial score (nSPS) is 15.9. The average molecular weight is 514 g/mol. The minimum Gasteiger partial charge on any atom is -0.489 e. The molecule has 9 heteroatoms. The van der Waals surface area contributed by atoms with Crippen LogP contribution in [0.1, 0.15) is 16.7 Å². The van der Waals surface area contributed by atoms with E-state index in [9.17, 15) is 9.59 Å². The van der Waals surface area contributed by atoms with Crippen LogP contribution in [0.3, 0.4) is 0 Å². The number of carbonyl (C=O) groups excluding carboxylic acids is 2. The van der Waals surface area contributed by atoms with Gasteiger partial charge >= 0.3 is 0 Å². The van der Waals surface area contributed by atoms with Gasteiger partial charge in [-0.05, 0) is 64.9 Å². The number of benzene rings is 3. The molecule has 0 bridgehead atoms. The molecule has 0 N–H and O–H groups in total. The third-order valence-corrected chi connectivity index (χ3v) is 6.71. The second-order valence-corrected chi connectivity index (χ2v) is 9.39. The predicted molar refractivity (Wildman–Crippen MR) is 131 cm³/mol. The van der Waals surface area contributed by atoms with E-state index in [0.717, 1.165) is 22.9 Å². The number of hydrogen-bond donors (Lipinski definition) is 0. The van der Waals surface area contributed by atoms with Crippen molar-refractivity contribution >= 4 is 52.2 Å². The van der Waals surface area contributed by atoms with Crippen molar-refractivity contribution in [2.75, 3.05) is 6.79 Å². The van der Waals surface area contributed by atoms with E-state index in [2.05, 4.69) is 0 Å². The molecule has 2 heterocycles. The van der Waals surface area contributed by atoms with E-state index >= 15 is 0 Å². The molecule has 172 valence electrons. The molecule has 6 nitrogen and oxygen atoms in total. The Labute approximate surface area is 210 Å². The highest BCUT2D eigenvalue weighted by Crippen LogP contribution is 2.39. The van der Waals surface area contributed by atoms with Crippen LogP contribution in [0.2, 0.25) is 10.0 Å². The number of hydrogen-bond acceptors (Lipinski definition) is 6. The van der Waals surface area contributed by atoms with Crippen LogP contribution in [-0.2, 0) is 17.9 Å². The SMILES string of the molecule is O=C1S/C(=C\c2ccc(OCc3cccc(Cl)c3)cc2)C(=O)N1Cc1cc2c(cc1Cl)OCO2. The second-order valence-electron chi connectivity index (χ2n) is 7.55. The Morgan fingerprint density at radius 1 is 1.00 bits per heavy atom. The minimum absolute atomic E-state index is 0.0494. The summed E-state index contributed by atoms with van der Waals surface area (Å²) in [4.78, 5) is 26.9. The molecule has 0 aromatic heterocycles. The molecule has 0 atom stereocenters. The highest BCUT2D eigenvalue weighted by atomic mass is 35.5. The van der Waals surface area contributed by atoms with Gasteiger partial charge in [0.25, 0.3) is 11.1 Å². The standard InChI is InChI=1S/C25H17Cl2NO5S/c26-18-3-1-2-16(8-18)13-31-19-6-4-15(5-7-19)9-23-24(29)28(25(30)34-23)12-17-10-21-22(11-20(17)27)33-14-32-21/h1-11H,12-14H2/b23-9-. The summed E-state index contributed by atoms with van der Waals surface area (Å²) in [6, 6.07) is 18.1.